The first-order valence-corrected chi connectivity index (χ1v) is 8.30. The summed E-state index contributed by atoms with van der Waals surface area (Å²) in [4.78, 5) is 29.9. The zero-order valence-corrected chi connectivity index (χ0v) is 15.1. The number of hydrogen-bond acceptors (Lipinski definition) is 4. The number of nitrogens with zero attached hydrogens (tertiary/aromatic N) is 2. The number of halogens is 3. The summed E-state index contributed by atoms with van der Waals surface area (Å²) in [5.74, 6) is -0.432. The molecule has 3 amide bonds. The Labute approximate surface area is 158 Å². The van der Waals surface area contributed by atoms with E-state index in [0.717, 1.165) is 12.1 Å². The van der Waals surface area contributed by atoms with Crippen molar-refractivity contribution in [3.05, 3.63) is 47.7 Å². The van der Waals surface area contributed by atoms with Crippen molar-refractivity contribution in [2.75, 3.05) is 22.5 Å². The minimum atomic E-state index is -4.52. The van der Waals surface area contributed by atoms with E-state index in [1.54, 1.807) is 0 Å². The third-order valence-corrected chi connectivity index (χ3v) is 4.13. The first-order chi connectivity index (χ1) is 13.0. The van der Waals surface area contributed by atoms with E-state index in [1.807, 2.05) is 13.8 Å². The second kappa shape index (κ2) is 6.70. The molecule has 0 radical (unpaired) electrons. The summed E-state index contributed by atoms with van der Waals surface area (Å²) in [5, 5.41) is 5.15. The van der Waals surface area contributed by atoms with Crippen LogP contribution in [0.25, 0.3) is 0 Å². The molecule has 0 spiro atoms. The predicted octanol–water partition coefficient (Wildman–Crippen LogP) is 3.24. The van der Waals surface area contributed by atoms with Gasteiger partial charge in [-0.1, -0.05) is 6.07 Å². The molecule has 1 aliphatic rings. The molecule has 3 rings (SSSR count). The number of rotatable bonds is 3. The molecule has 2 aromatic rings. The fraction of sp³-hybridized carbons (Fsp3) is 0.278. The van der Waals surface area contributed by atoms with Gasteiger partial charge in [-0.25, -0.2) is 9.78 Å². The largest absolute Gasteiger partial charge is 0.416 e. The predicted molar refractivity (Wildman–Crippen MR) is 98.0 cm³/mol. The van der Waals surface area contributed by atoms with Crippen molar-refractivity contribution in [3.63, 3.8) is 0 Å². The Morgan fingerprint density at radius 3 is 2.61 bits per heavy atom. The highest BCUT2D eigenvalue weighted by Crippen LogP contribution is 2.31. The smallest absolute Gasteiger partial charge is 0.398 e. The Bertz CT molecular complexity index is 943. The van der Waals surface area contributed by atoms with Crippen LogP contribution in [0, 0.1) is 0 Å². The first-order valence-electron chi connectivity index (χ1n) is 8.30. The van der Waals surface area contributed by atoms with Crippen LogP contribution in [-0.2, 0) is 6.18 Å². The van der Waals surface area contributed by atoms with E-state index in [2.05, 4.69) is 15.6 Å². The van der Waals surface area contributed by atoms with Crippen molar-refractivity contribution in [3.8, 4) is 0 Å². The van der Waals surface area contributed by atoms with E-state index in [4.69, 9.17) is 5.73 Å². The summed E-state index contributed by atoms with van der Waals surface area (Å²) in [6.07, 6.45) is -3.33. The standard InChI is InChI=1S/C18H18F3N5O2/c1-17(2)9-26(16(28)25-17)14-7-13(22)12(8-23-14)15(27)24-11-5-3-4-10(6-11)18(19,20)21/h3-8H,9H2,1-2H3,(H2,22,23)(H,24,27)(H,25,28). The summed E-state index contributed by atoms with van der Waals surface area (Å²) in [6, 6.07) is 5.30. The van der Waals surface area contributed by atoms with Gasteiger partial charge in [0.25, 0.3) is 5.91 Å². The molecule has 1 aliphatic heterocycles. The molecule has 1 aromatic carbocycles. The van der Waals surface area contributed by atoms with Gasteiger partial charge >= 0.3 is 12.2 Å². The topological polar surface area (TPSA) is 100 Å². The highest BCUT2D eigenvalue weighted by Gasteiger charge is 2.36. The lowest BCUT2D eigenvalue weighted by Crippen LogP contribution is -2.36. The van der Waals surface area contributed by atoms with Gasteiger partial charge in [0.1, 0.15) is 5.82 Å². The Morgan fingerprint density at radius 1 is 1.32 bits per heavy atom. The average Bonchev–Trinajstić information content (AvgIpc) is 2.86. The molecule has 4 N–H and O–H groups in total. The monoisotopic (exact) mass is 393 g/mol. The SMILES string of the molecule is CC1(C)CN(c2cc(N)c(C(=O)Nc3cccc(C(F)(F)F)c3)cn2)C(=O)N1. The number of nitrogen functional groups attached to an aromatic ring is 1. The van der Waals surface area contributed by atoms with Crippen LogP contribution in [-0.4, -0.2) is 29.0 Å². The van der Waals surface area contributed by atoms with Crippen LogP contribution in [0.4, 0.5) is 35.2 Å². The fourth-order valence-corrected chi connectivity index (χ4v) is 2.82. The van der Waals surface area contributed by atoms with E-state index in [1.165, 1.54) is 29.3 Å². The number of aromatic nitrogens is 1. The zero-order chi connectivity index (χ0) is 20.7. The van der Waals surface area contributed by atoms with E-state index in [0.29, 0.717) is 6.54 Å². The molecule has 0 bridgehead atoms. The molecular formula is C18H18F3N5O2. The summed E-state index contributed by atoms with van der Waals surface area (Å²) in [7, 11) is 0. The van der Waals surface area contributed by atoms with Gasteiger partial charge in [-0.2, -0.15) is 13.2 Å². The normalized spacial score (nSPS) is 16.0. The highest BCUT2D eigenvalue weighted by molar-refractivity contribution is 6.08. The fourth-order valence-electron chi connectivity index (χ4n) is 2.82. The minimum Gasteiger partial charge on any atom is -0.398 e. The molecule has 1 fully saturated rings. The van der Waals surface area contributed by atoms with Gasteiger partial charge in [-0.15, -0.1) is 0 Å². The van der Waals surface area contributed by atoms with E-state index in [9.17, 15) is 22.8 Å². The summed E-state index contributed by atoms with van der Waals surface area (Å²) in [6.45, 7) is 4.07. The lowest BCUT2D eigenvalue weighted by Gasteiger charge is -2.18. The Kier molecular flexibility index (Phi) is 4.66. The van der Waals surface area contributed by atoms with Gasteiger partial charge in [0, 0.05) is 23.6 Å². The quantitative estimate of drug-likeness (QED) is 0.745. The number of amides is 3. The number of alkyl halides is 3. The van der Waals surface area contributed by atoms with Crippen LogP contribution in [0.15, 0.2) is 36.5 Å². The second-order valence-corrected chi connectivity index (χ2v) is 7.06. The van der Waals surface area contributed by atoms with Gasteiger partial charge in [-0.3, -0.25) is 9.69 Å². The van der Waals surface area contributed by atoms with Gasteiger partial charge in [0.05, 0.1) is 23.2 Å². The number of nitrogens with one attached hydrogen (secondary N) is 2. The maximum atomic E-state index is 12.8. The molecule has 0 aliphatic carbocycles. The average molecular weight is 393 g/mol. The number of hydrogen-bond donors (Lipinski definition) is 3. The molecule has 7 nitrogen and oxygen atoms in total. The minimum absolute atomic E-state index is 0.0139. The van der Waals surface area contributed by atoms with Crippen molar-refractivity contribution < 1.29 is 22.8 Å². The first kappa shape index (κ1) is 19.5. The molecule has 148 valence electrons. The van der Waals surface area contributed by atoms with Gasteiger partial charge in [-0.05, 0) is 32.0 Å². The van der Waals surface area contributed by atoms with Crippen LogP contribution in [0.5, 0.6) is 0 Å². The Morgan fingerprint density at radius 2 is 2.04 bits per heavy atom. The van der Waals surface area contributed by atoms with Crippen molar-refractivity contribution in [1.29, 1.82) is 0 Å². The Hall–Kier alpha value is -3.30. The summed E-state index contributed by atoms with van der Waals surface area (Å²) < 4.78 is 38.4. The van der Waals surface area contributed by atoms with Crippen LogP contribution < -0.4 is 21.3 Å². The third kappa shape index (κ3) is 4.00. The third-order valence-electron chi connectivity index (χ3n) is 4.13. The molecule has 28 heavy (non-hydrogen) atoms. The number of carbonyl (C=O) groups excluding carboxylic acids is 2. The molecule has 0 saturated carbocycles. The highest BCUT2D eigenvalue weighted by atomic mass is 19.4. The summed E-state index contributed by atoms with van der Waals surface area (Å²) >= 11 is 0. The molecule has 2 heterocycles. The van der Waals surface area contributed by atoms with Crippen LogP contribution in [0.1, 0.15) is 29.8 Å². The lowest BCUT2D eigenvalue weighted by molar-refractivity contribution is -0.137. The van der Waals surface area contributed by atoms with Crippen LogP contribution >= 0.6 is 0 Å². The van der Waals surface area contributed by atoms with Gasteiger partial charge in [0.15, 0.2) is 0 Å². The lowest BCUT2D eigenvalue weighted by atomic mass is 10.1. The molecular weight excluding hydrogens is 375 g/mol. The number of carbonyl (C=O) groups is 2. The number of anilines is 3. The number of urea groups is 1. The summed E-state index contributed by atoms with van der Waals surface area (Å²) in [5.41, 5.74) is 4.61. The molecule has 0 unspecified atom stereocenters. The van der Waals surface area contributed by atoms with E-state index < -0.39 is 23.2 Å². The zero-order valence-electron chi connectivity index (χ0n) is 15.1. The van der Waals surface area contributed by atoms with Gasteiger partial charge < -0.3 is 16.4 Å². The van der Waals surface area contributed by atoms with Crippen molar-refractivity contribution in [2.45, 2.75) is 25.6 Å². The molecule has 0 atom stereocenters. The molecule has 10 heteroatoms. The van der Waals surface area contributed by atoms with Crippen molar-refractivity contribution in [1.82, 2.24) is 10.3 Å². The Balaban J connectivity index is 1.79. The van der Waals surface area contributed by atoms with Gasteiger partial charge in [0.2, 0.25) is 0 Å². The van der Waals surface area contributed by atoms with E-state index in [-0.39, 0.29) is 28.8 Å². The van der Waals surface area contributed by atoms with Crippen LogP contribution in [0.3, 0.4) is 0 Å². The number of pyridine rings is 1. The number of benzene rings is 1. The maximum Gasteiger partial charge on any atom is 0.416 e. The van der Waals surface area contributed by atoms with E-state index >= 15 is 0 Å². The molecule has 1 saturated heterocycles. The second-order valence-electron chi connectivity index (χ2n) is 7.06. The van der Waals surface area contributed by atoms with Crippen molar-refractivity contribution in [2.24, 2.45) is 0 Å². The number of nitrogens with two attached hydrogens (primary N) is 1. The molecule has 1 aromatic heterocycles. The van der Waals surface area contributed by atoms with Crippen molar-refractivity contribution >= 4 is 29.1 Å². The maximum absolute atomic E-state index is 12.8. The van der Waals surface area contributed by atoms with Crippen LogP contribution in [0.2, 0.25) is 0 Å².